The van der Waals surface area contributed by atoms with Crippen molar-refractivity contribution >= 4 is 43.5 Å². The van der Waals surface area contributed by atoms with Crippen molar-refractivity contribution in [2.75, 3.05) is 4.72 Å². The number of nitrogens with one attached hydrogen (secondary N) is 2. The van der Waals surface area contributed by atoms with E-state index in [9.17, 15) is 8.42 Å². The molecule has 1 heterocycles. The molecule has 0 radical (unpaired) electrons. The molecule has 0 aliphatic rings. The average Bonchev–Trinajstić information content (AvgIpc) is 2.68. The van der Waals surface area contributed by atoms with Crippen LogP contribution in [0, 0.1) is 0 Å². The maximum absolute atomic E-state index is 11.9. The van der Waals surface area contributed by atoms with Gasteiger partial charge in [-0.05, 0) is 18.2 Å². The van der Waals surface area contributed by atoms with Crippen molar-refractivity contribution in [1.29, 1.82) is 0 Å². The number of aromatic amines is 1. The van der Waals surface area contributed by atoms with Crippen LogP contribution in [0.1, 0.15) is 0 Å². The van der Waals surface area contributed by atoms with Crippen LogP contribution in [0.25, 0.3) is 0 Å². The molecule has 0 fully saturated rings. The van der Waals surface area contributed by atoms with Gasteiger partial charge in [0.2, 0.25) is 5.95 Å². The number of H-pyrrole nitrogens is 1. The van der Waals surface area contributed by atoms with E-state index in [0.29, 0.717) is 4.47 Å². The monoisotopic (exact) mass is 336 g/mol. The zero-order chi connectivity index (χ0) is 12.5. The highest BCUT2D eigenvalue weighted by atomic mass is 79.9. The lowest BCUT2D eigenvalue weighted by Crippen LogP contribution is -2.14. The smallest absolute Gasteiger partial charge is 0.248 e. The molecule has 0 amide bonds. The Labute approximate surface area is 111 Å². The second-order valence-corrected chi connectivity index (χ2v) is 5.99. The highest BCUT2D eigenvalue weighted by molar-refractivity contribution is 9.10. The van der Waals surface area contributed by atoms with Crippen LogP contribution in [-0.2, 0) is 10.0 Å². The van der Waals surface area contributed by atoms with Crippen molar-refractivity contribution < 1.29 is 8.42 Å². The fourth-order valence-electron chi connectivity index (χ4n) is 1.13. The molecular weight excluding hydrogens is 332 g/mol. The van der Waals surface area contributed by atoms with Gasteiger partial charge in [0.05, 0.1) is 5.02 Å². The first-order valence-corrected chi connectivity index (χ1v) is 6.98. The molecule has 6 nitrogen and oxygen atoms in total. The number of aromatic nitrogens is 3. The molecule has 0 saturated carbocycles. The van der Waals surface area contributed by atoms with Crippen LogP contribution in [0.5, 0.6) is 0 Å². The third-order valence-electron chi connectivity index (χ3n) is 1.83. The van der Waals surface area contributed by atoms with Crippen molar-refractivity contribution in [1.82, 2.24) is 15.2 Å². The molecule has 0 aliphatic heterocycles. The third-order valence-corrected chi connectivity index (χ3v) is 4.14. The molecule has 0 unspecified atom stereocenters. The van der Waals surface area contributed by atoms with Crippen LogP contribution in [0.15, 0.2) is 33.9 Å². The Kier molecular flexibility index (Phi) is 3.36. The van der Waals surface area contributed by atoms with E-state index >= 15 is 0 Å². The molecule has 17 heavy (non-hydrogen) atoms. The summed E-state index contributed by atoms with van der Waals surface area (Å²) in [6.45, 7) is 0. The van der Waals surface area contributed by atoms with Gasteiger partial charge >= 0.3 is 0 Å². The maximum Gasteiger partial charge on any atom is 0.265 e. The van der Waals surface area contributed by atoms with E-state index in [-0.39, 0.29) is 15.9 Å². The molecular formula is C8H6BrClN4O2S. The summed E-state index contributed by atoms with van der Waals surface area (Å²) in [4.78, 5) is 3.64. The minimum atomic E-state index is -3.77. The summed E-state index contributed by atoms with van der Waals surface area (Å²) < 4.78 is 26.8. The number of hydrogen-bond donors (Lipinski definition) is 2. The maximum atomic E-state index is 11.9. The fourth-order valence-corrected chi connectivity index (χ4v) is 3.13. The predicted octanol–water partition coefficient (Wildman–Crippen LogP) is 2.02. The Morgan fingerprint density at radius 1 is 1.41 bits per heavy atom. The Hall–Kier alpha value is -1.12. The van der Waals surface area contributed by atoms with E-state index in [4.69, 9.17) is 11.6 Å². The number of rotatable bonds is 3. The Morgan fingerprint density at radius 3 is 2.76 bits per heavy atom. The van der Waals surface area contributed by atoms with Gasteiger partial charge in [0.25, 0.3) is 10.0 Å². The zero-order valence-corrected chi connectivity index (χ0v) is 11.3. The molecule has 0 spiro atoms. The molecule has 2 N–H and O–H groups in total. The first-order chi connectivity index (χ1) is 7.99. The topological polar surface area (TPSA) is 87.7 Å². The number of hydrogen-bond acceptors (Lipinski definition) is 4. The first kappa shape index (κ1) is 12.3. The molecule has 0 saturated heterocycles. The predicted molar refractivity (Wildman–Crippen MR) is 66.3 cm³/mol. The van der Waals surface area contributed by atoms with E-state index < -0.39 is 10.0 Å². The quantitative estimate of drug-likeness (QED) is 0.897. The summed E-state index contributed by atoms with van der Waals surface area (Å²) in [5, 5.41) is 6.04. The van der Waals surface area contributed by atoms with Gasteiger partial charge < -0.3 is 0 Å². The van der Waals surface area contributed by atoms with E-state index in [1.807, 2.05) is 0 Å². The lowest BCUT2D eigenvalue weighted by atomic mass is 10.4. The summed E-state index contributed by atoms with van der Waals surface area (Å²) in [5.74, 6) is 0.0315. The molecule has 1 aromatic heterocycles. The first-order valence-electron chi connectivity index (χ1n) is 4.32. The second-order valence-electron chi connectivity index (χ2n) is 3.01. The van der Waals surface area contributed by atoms with Crippen molar-refractivity contribution in [3.8, 4) is 0 Å². The number of sulfonamides is 1. The summed E-state index contributed by atoms with van der Waals surface area (Å²) in [6, 6.07) is 4.47. The highest BCUT2D eigenvalue weighted by Gasteiger charge is 2.19. The van der Waals surface area contributed by atoms with Gasteiger partial charge in [-0.2, -0.15) is 10.1 Å². The van der Waals surface area contributed by atoms with Gasteiger partial charge in [0.15, 0.2) is 0 Å². The molecule has 0 atom stereocenters. The van der Waals surface area contributed by atoms with E-state index in [1.165, 1.54) is 18.5 Å². The van der Waals surface area contributed by atoms with Crippen LogP contribution in [0.4, 0.5) is 5.95 Å². The van der Waals surface area contributed by atoms with Crippen molar-refractivity contribution in [2.45, 2.75) is 4.90 Å². The van der Waals surface area contributed by atoms with Crippen LogP contribution in [-0.4, -0.2) is 23.6 Å². The molecule has 2 aromatic rings. The lowest BCUT2D eigenvalue weighted by Gasteiger charge is -2.06. The van der Waals surface area contributed by atoms with Gasteiger partial charge in [-0.3, -0.25) is 0 Å². The standard InChI is InChI=1S/C8H6BrClN4O2S/c9-5-1-2-7(6(10)3-5)17(15,16)14-8-11-4-12-13-8/h1-4H,(H2,11,12,13,14). The van der Waals surface area contributed by atoms with Crippen molar-refractivity contribution in [2.24, 2.45) is 0 Å². The van der Waals surface area contributed by atoms with Crippen molar-refractivity contribution in [3.05, 3.63) is 34.0 Å². The summed E-state index contributed by atoms with van der Waals surface area (Å²) in [5.41, 5.74) is 0. The Morgan fingerprint density at radius 2 is 2.18 bits per heavy atom. The molecule has 90 valence electrons. The average molecular weight is 338 g/mol. The van der Waals surface area contributed by atoms with Gasteiger partial charge in [0.1, 0.15) is 11.2 Å². The number of benzene rings is 1. The number of anilines is 1. The van der Waals surface area contributed by atoms with Crippen molar-refractivity contribution in [3.63, 3.8) is 0 Å². The SMILES string of the molecule is O=S(=O)(Nc1ncn[nH]1)c1ccc(Br)cc1Cl. The van der Waals surface area contributed by atoms with Crippen LogP contribution in [0.3, 0.4) is 0 Å². The van der Waals surface area contributed by atoms with Gasteiger partial charge in [-0.25, -0.2) is 18.2 Å². The van der Waals surface area contributed by atoms with Gasteiger partial charge in [0, 0.05) is 4.47 Å². The normalized spacial score (nSPS) is 11.4. The summed E-state index contributed by atoms with van der Waals surface area (Å²) in [7, 11) is -3.77. The Balaban J connectivity index is 2.38. The molecule has 9 heteroatoms. The molecule has 1 aromatic carbocycles. The minimum Gasteiger partial charge on any atom is -0.248 e. The lowest BCUT2D eigenvalue weighted by molar-refractivity contribution is 0.601. The van der Waals surface area contributed by atoms with Gasteiger partial charge in [-0.15, -0.1) is 0 Å². The highest BCUT2D eigenvalue weighted by Crippen LogP contribution is 2.26. The number of nitrogens with zero attached hydrogens (tertiary/aromatic N) is 2. The summed E-state index contributed by atoms with van der Waals surface area (Å²) >= 11 is 9.05. The molecule has 2 rings (SSSR count). The third kappa shape index (κ3) is 2.76. The molecule has 0 aliphatic carbocycles. The fraction of sp³-hybridized carbons (Fsp3) is 0. The zero-order valence-electron chi connectivity index (χ0n) is 8.18. The largest absolute Gasteiger partial charge is 0.265 e. The van der Waals surface area contributed by atoms with Crippen LogP contribution >= 0.6 is 27.5 Å². The van der Waals surface area contributed by atoms with Gasteiger partial charge in [-0.1, -0.05) is 27.5 Å². The number of halogens is 2. The second kappa shape index (κ2) is 4.63. The minimum absolute atomic E-state index is 0.0289. The van der Waals surface area contributed by atoms with E-state index in [1.54, 1.807) is 6.07 Å². The van der Waals surface area contributed by atoms with E-state index in [2.05, 4.69) is 35.8 Å². The van der Waals surface area contributed by atoms with Crippen LogP contribution < -0.4 is 4.72 Å². The summed E-state index contributed by atoms with van der Waals surface area (Å²) in [6.07, 6.45) is 1.20. The Bertz CT molecular complexity index is 629. The molecule has 0 bridgehead atoms. The van der Waals surface area contributed by atoms with Crippen LogP contribution in [0.2, 0.25) is 5.02 Å². The van der Waals surface area contributed by atoms with E-state index in [0.717, 1.165) is 0 Å².